The van der Waals surface area contributed by atoms with E-state index in [9.17, 15) is 14.4 Å². The number of nitrogens with one attached hydrogen (secondary N) is 2. The van der Waals surface area contributed by atoms with Gasteiger partial charge in [-0.1, -0.05) is 12.1 Å². The fraction of sp³-hybridized carbons (Fsp3) is 0.190. The molecule has 32 heavy (non-hydrogen) atoms. The van der Waals surface area contributed by atoms with Crippen LogP contribution in [0, 0.1) is 6.92 Å². The first kappa shape index (κ1) is 21.8. The Balaban J connectivity index is 1.80. The number of anilines is 1. The zero-order chi connectivity index (χ0) is 22.8. The minimum Gasteiger partial charge on any atom is -0.465 e. The largest absolute Gasteiger partial charge is 0.465 e. The van der Waals surface area contributed by atoms with Gasteiger partial charge in [0.15, 0.2) is 0 Å². The van der Waals surface area contributed by atoms with Crippen molar-refractivity contribution in [3.8, 4) is 10.6 Å². The molecule has 2 N–H and O–H groups in total. The summed E-state index contributed by atoms with van der Waals surface area (Å²) in [6.07, 6.45) is 1.86. The number of para-hydroxylation sites is 1. The van der Waals surface area contributed by atoms with Crippen LogP contribution >= 0.6 is 23.1 Å². The second-order valence-electron chi connectivity index (χ2n) is 6.68. The van der Waals surface area contributed by atoms with E-state index in [1.54, 1.807) is 6.92 Å². The number of amides is 1. The molecule has 164 valence electrons. The van der Waals surface area contributed by atoms with Gasteiger partial charge in [-0.25, -0.2) is 14.8 Å². The molecule has 3 aromatic heterocycles. The monoisotopic (exact) mass is 470 g/mol. The highest BCUT2D eigenvalue weighted by atomic mass is 32.2. The third-order valence-corrected chi connectivity index (χ3v) is 6.13. The Bertz CT molecular complexity index is 1360. The van der Waals surface area contributed by atoms with Gasteiger partial charge in [-0.15, -0.1) is 11.3 Å². The van der Waals surface area contributed by atoms with E-state index in [0.717, 1.165) is 16.3 Å². The molecule has 4 aromatic rings. The summed E-state index contributed by atoms with van der Waals surface area (Å²) < 4.78 is 11.6. The van der Waals surface area contributed by atoms with Crippen LogP contribution in [0.4, 0.5) is 5.88 Å². The Morgan fingerprint density at radius 3 is 2.78 bits per heavy atom. The summed E-state index contributed by atoms with van der Waals surface area (Å²) in [6.45, 7) is 1.60. The summed E-state index contributed by atoms with van der Waals surface area (Å²) in [5.74, 6) is -0.139. The van der Waals surface area contributed by atoms with Crippen LogP contribution in [0.5, 0.6) is 0 Å². The molecule has 1 aromatic carbocycles. The number of carbonyl (C=O) groups excluding carboxylic acids is 2. The normalized spacial score (nSPS) is 11.0. The molecule has 0 aliphatic carbocycles. The average molecular weight is 471 g/mol. The Labute approximate surface area is 190 Å². The molecular weight excluding hydrogens is 452 g/mol. The number of nitrogens with zero attached hydrogens (tertiary/aromatic N) is 2. The third kappa shape index (κ3) is 4.16. The van der Waals surface area contributed by atoms with Crippen molar-refractivity contribution < 1.29 is 18.7 Å². The van der Waals surface area contributed by atoms with Gasteiger partial charge in [0, 0.05) is 6.07 Å². The average Bonchev–Trinajstić information content (AvgIpc) is 3.33. The fourth-order valence-electron chi connectivity index (χ4n) is 3.16. The van der Waals surface area contributed by atoms with E-state index in [1.165, 1.54) is 30.2 Å². The maximum absolute atomic E-state index is 12.9. The van der Waals surface area contributed by atoms with Crippen molar-refractivity contribution in [2.45, 2.75) is 12.7 Å². The van der Waals surface area contributed by atoms with E-state index in [0.29, 0.717) is 22.1 Å². The molecule has 0 unspecified atom stereocenters. The van der Waals surface area contributed by atoms with Crippen molar-refractivity contribution in [1.82, 2.24) is 15.0 Å². The van der Waals surface area contributed by atoms with Gasteiger partial charge in [-0.3, -0.25) is 14.9 Å². The number of hydrogen-bond donors (Lipinski definition) is 2. The van der Waals surface area contributed by atoms with Crippen LogP contribution in [0.3, 0.4) is 0 Å². The minimum atomic E-state index is -0.647. The predicted octanol–water partition coefficient (Wildman–Crippen LogP) is 3.85. The lowest BCUT2D eigenvalue weighted by Crippen LogP contribution is -2.20. The Morgan fingerprint density at radius 1 is 1.28 bits per heavy atom. The predicted molar refractivity (Wildman–Crippen MR) is 123 cm³/mol. The summed E-state index contributed by atoms with van der Waals surface area (Å²) in [4.78, 5) is 48.7. The quantitative estimate of drug-likeness (QED) is 0.407. The highest BCUT2D eigenvalue weighted by molar-refractivity contribution is 7.97. The molecule has 4 rings (SSSR count). The van der Waals surface area contributed by atoms with E-state index in [4.69, 9.17) is 9.15 Å². The molecule has 0 saturated heterocycles. The summed E-state index contributed by atoms with van der Waals surface area (Å²) in [7, 11) is 1.27. The molecule has 0 saturated carbocycles. The first-order valence-corrected chi connectivity index (χ1v) is 11.6. The molecule has 11 heteroatoms. The van der Waals surface area contributed by atoms with Crippen molar-refractivity contribution in [3.05, 3.63) is 63.5 Å². The summed E-state index contributed by atoms with van der Waals surface area (Å²) in [5.41, 5.74) is 0.729. The van der Waals surface area contributed by atoms with Crippen LogP contribution in [0.25, 0.3) is 20.8 Å². The first-order chi connectivity index (χ1) is 15.4. The molecule has 0 aliphatic heterocycles. The summed E-state index contributed by atoms with van der Waals surface area (Å²) in [6, 6.07) is 8.62. The second kappa shape index (κ2) is 8.97. The number of ether oxygens (including phenoxy) is 1. The van der Waals surface area contributed by atoms with Gasteiger partial charge in [0.05, 0.1) is 28.6 Å². The lowest BCUT2D eigenvalue weighted by atomic mass is 10.1. The van der Waals surface area contributed by atoms with E-state index < -0.39 is 17.4 Å². The van der Waals surface area contributed by atoms with Crippen LogP contribution in [-0.2, 0) is 10.5 Å². The maximum Gasteiger partial charge on any atom is 0.342 e. The number of aryl methyl sites for hydroxylation is 1. The number of benzene rings is 1. The number of furan rings is 1. The van der Waals surface area contributed by atoms with Gasteiger partial charge in [-0.05, 0) is 25.3 Å². The van der Waals surface area contributed by atoms with Gasteiger partial charge >= 0.3 is 5.97 Å². The van der Waals surface area contributed by atoms with Crippen molar-refractivity contribution in [1.29, 1.82) is 0 Å². The Morgan fingerprint density at radius 2 is 2.06 bits per heavy atom. The molecular formula is C21H18N4O5S2. The molecule has 0 spiro atoms. The van der Waals surface area contributed by atoms with Gasteiger partial charge < -0.3 is 14.1 Å². The van der Waals surface area contributed by atoms with Crippen LogP contribution < -0.4 is 10.9 Å². The number of rotatable bonds is 6. The number of carbonyl (C=O) groups is 2. The van der Waals surface area contributed by atoms with Gasteiger partial charge in [0.25, 0.3) is 11.5 Å². The number of H-pyrrole nitrogens is 1. The second-order valence-corrected chi connectivity index (χ2v) is 8.58. The number of aromatic nitrogens is 3. The number of thiazole rings is 1. The lowest BCUT2D eigenvalue weighted by molar-refractivity contribution is 0.0599. The molecule has 0 atom stereocenters. The van der Waals surface area contributed by atoms with E-state index in [1.807, 2.05) is 30.5 Å². The summed E-state index contributed by atoms with van der Waals surface area (Å²) in [5, 5.41) is 3.12. The topological polar surface area (TPSA) is 127 Å². The Kier molecular flexibility index (Phi) is 6.10. The van der Waals surface area contributed by atoms with Gasteiger partial charge in [-0.2, -0.15) is 11.8 Å². The van der Waals surface area contributed by atoms with E-state index in [-0.39, 0.29) is 22.9 Å². The molecule has 0 aliphatic rings. The number of fused-ring (bicyclic) bond motifs is 1. The number of thioether (sulfide) groups is 1. The zero-order valence-corrected chi connectivity index (χ0v) is 19.0. The SMILES string of the molecule is COC(=O)c1c(C)oc(NC(=O)c2cc(=O)[nH]c(CSC)n2)c1-c1nc2ccccc2s1. The number of hydrogen-bond acceptors (Lipinski definition) is 9. The van der Waals surface area contributed by atoms with Crippen LogP contribution in [-0.4, -0.2) is 40.2 Å². The van der Waals surface area contributed by atoms with Crippen LogP contribution in [0.1, 0.15) is 32.4 Å². The van der Waals surface area contributed by atoms with Crippen LogP contribution in [0.2, 0.25) is 0 Å². The number of methoxy groups -OCH3 is 1. The molecule has 3 heterocycles. The minimum absolute atomic E-state index is 0.0282. The molecule has 1 amide bonds. The number of esters is 1. The maximum atomic E-state index is 12.9. The number of aromatic amines is 1. The van der Waals surface area contributed by atoms with Crippen molar-refractivity contribution in [2.24, 2.45) is 0 Å². The highest BCUT2D eigenvalue weighted by Gasteiger charge is 2.29. The lowest BCUT2D eigenvalue weighted by Gasteiger charge is -2.06. The van der Waals surface area contributed by atoms with Crippen molar-refractivity contribution in [3.63, 3.8) is 0 Å². The molecule has 0 radical (unpaired) electrons. The zero-order valence-electron chi connectivity index (χ0n) is 17.3. The van der Waals surface area contributed by atoms with Gasteiger partial charge in [0.2, 0.25) is 5.88 Å². The van der Waals surface area contributed by atoms with Gasteiger partial charge in [0.1, 0.15) is 27.8 Å². The van der Waals surface area contributed by atoms with Crippen molar-refractivity contribution in [2.75, 3.05) is 18.7 Å². The van der Waals surface area contributed by atoms with Crippen LogP contribution in [0.15, 0.2) is 39.5 Å². The standard InChI is InChI=1S/C21H18N4O5S2/c1-10-16(21(28)29-2)17(20-23-11-6-4-5-7-13(11)32-20)19(30-10)25-18(27)12-8-15(26)24-14(22-12)9-31-3/h4-8H,9H2,1-3H3,(H,25,27)(H,22,24,26). The molecule has 9 nitrogen and oxygen atoms in total. The third-order valence-electron chi connectivity index (χ3n) is 4.51. The smallest absolute Gasteiger partial charge is 0.342 e. The Hall–Kier alpha value is -3.44. The van der Waals surface area contributed by atoms with E-state index in [2.05, 4.69) is 20.3 Å². The highest BCUT2D eigenvalue weighted by Crippen LogP contribution is 2.40. The van der Waals surface area contributed by atoms with E-state index >= 15 is 0 Å². The fourth-order valence-corrected chi connectivity index (χ4v) is 4.58. The first-order valence-electron chi connectivity index (χ1n) is 9.39. The van der Waals surface area contributed by atoms with Crippen molar-refractivity contribution >= 4 is 51.1 Å². The summed E-state index contributed by atoms with van der Waals surface area (Å²) >= 11 is 2.81. The molecule has 0 bridgehead atoms. The molecule has 0 fully saturated rings.